The van der Waals surface area contributed by atoms with Gasteiger partial charge in [-0.1, -0.05) is 13.2 Å². The van der Waals surface area contributed by atoms with Gasteiger partial charge in [-0.2, -0.15) is 0 Å². The molecular formula is C5H9ClO. The second-order valence-corrected chi connectivity index (χ2v) is 0.992. The highest BCUT2D eigenvalue weighted by molar-refractivity contribution is 6.63. The van der Waals surface area contributed by atoms with E-state index in [1.165, 1.54) is 0 Å². The lowest BCUT2D eigenvalue weighted by molar-refractivity contribution is -0.111. The predicted molar refractivity (Wildman–Crippen MR) is 30.4 cm³/mol. The molecule has 0 aromatic carbocycles. The van der Waals surface area contributed by atoms with E-state index in [0.29, 0.717) is 0 Å². The lowest BCUT2D eigenvalue weighted by Gasteiger charge is -1.84. The summed E-state index contributed by atoms with van der Waals surface area (Å²) in [5, 5.41) is -1.79. The minimum absolute atomic E-state index is 1.79. The Morgan fingerprint density at radius 2 is 2.86 bits per heavy atom. The summed E-state index contributed by atoms with van der Waals surface area (Å²) in [4.78, 5) is 10.7. The third-order valence-electron chi connectivity index (χ3n) is 0.223. The van der Waals surface area contributed by atoms with Crippen LogP contribution in [0.4, 0.5) is 0 Å². The van der Waals surface area contributed by atoms with Crippen LogP contribution in [0.25, 0.3) is 0 Å². The maximum absolute atomic E-state index is 10.7. The second-order valence-electron chi connectivity index (χ2n) is 0.649. The zero-order valence-electron chi connectivity index (χ0n) is 12.3. The minimum atomic E-state index is -3.58. The second kappa shape index (κ2) is 4.13. The zero-order chi connectivity index (χ0) is 13.6. The Balaban J connectivity index is 5.62. The summed E-state index contributed by atoms with van der Waals surface area (Å²) in [5.74, 6) is 0. The summed E-state index contributed by atoms with van der Waals surface area (Å²) in [6.45, 7) is -3.42. The van der Waals surface area contributed by atoms with Gasteiger partial charge in [0.15, 0.2) is 0 Å². The molecule has 0 amide bonds. The molecule has 2 heteroatoms. The Kier molecular flexibility index (Phi) is 0.651. The van der Waals surface area contributed by atoms with Crippen LogP contribution in [0, 0.1) is 0 Å². The molecule has 0 aliphatic rings. The van der Waals surface area contributed by atoms with Crippen molar-refractivity contribution in [2.75, 3.05) is 0 Å². The van der Waals surface area contributed by atoms with E-state index in [2.05, 4.69) is 0 Å². The van der Waals surface area contributed by atoms with Crippen LogP contribution in [0.5, 0.6) is 0 Å². The first-order valence-electron chi connectivity index (χ1n) is 5.89. The molecule has 0 saturated heterocycles. The van der Waals surface area contributed by atoms with Gasteiger partial charge in [-0.15, -0.1) is 0 Å². The number of halogens is 1. The molecule has 0 fully saturated rings. The van der Waals surface area contributed by atoms with Crippen LogP contribution in [0.2, 0.25) is 0 Å². The molecule has 7 heavy (non-hydrogen) atoms. The maximum atomic E-state index is 10.7. The smallest absolute Gasteiger partial charge is 0.221 e. The Bertz CT molecular complexity index is 293. The van der Waals surface area contributed by atoms with Crippen molar-refractivity contribution in [2.45, 2.75) is 26.0 Å². The third-order valence-corrected chi connectivity index (χ3v) is 0.318. The molecule has 0 aromatic heterocycles. The Labute approximate surface area is 61.3 Å². The van der Waals surface area contributed by atoms with Gasteiger partial charge in [-0.05, 0) is 18.0 Å². The van der Waals surface area contributed by atoms with Crippen molar-refractivity contribution < 1.29 is 17.1 Å². The molecule has 0 bridgehead atoms. The van der Waals surface area contributed by atoms with E-state index in [9.17, 15) is 4.79 Å². The van der Waals surface area contributed by atoms with Gasteiger partial charge in [0.2, 0.25) is 5.24 Å². The van der Waals surface area contributed by atoms with Gasteiger partial charge in [-0.3, -0.25) is 4.79 Å². The molecule has 42 valence electrons. The molecule has 0 heterocycles. The molecule has 0 atom stereocenters. The van der Waals surface area contributed by atoms with Crippen molar-refractivity contribution in [1.29, 1.82) is 0 Å². The fourth-order valence-electron chi connectivity index (χ4n) is 0.0804. The quantitative estimate of drug-likeness (QED) is 0.533. The van der Waals surface area contributed by atoms with Crippen LogP contribution in [-0.4, -0.2) is 5.24 Å². The lowest BCUT2D eigenvalue weighted by atomic mass is 10.3. The Morgan fingerprint density at radius 1 is 2.14 bits per heavy atom. The minimum Gasteiger partial charge on any atom is -0.281 e. The summed E-state index contributed by atoms with van der Waals surface area (Å²) in [6.07, 6.45) is -10.6. The molecule has 0 aliphatic carbocycles. The number of hydrogen-bond donors (Lipinski definition) is 0. The predicted octanol–water partition coefficient (Wildman–Crippen LogP) is 1.94. The molecule has 1 nitrogen and oxygen atoms in total. The molecule has 0 radical (unpaired) electrons. The molecule has 0 unspecified atom stereocenters. The fourth-order valence-corrected chi connectivity index (χ4v) is 0.128. The highest BCUT2D eigenvalue weighted by atomic mass is 35.5. The molecule has 0 aromatic rings. The van der Waals surface area contributed by atoms with Gasteiger partial charge in [0.1, 0.15) is 0 Å². The molecule has 0 rings (SSSR count). The standard InChI is InChI=1S/C5H9ClO/c1-2-3-4-5(6)7/h2-4H2,1H3/i1D3,2D2,3D2,4D2. The van der Waals surface area contributed by atoms with Crippen LogP contribution >= 0.6 is 11.6 Å². The Morgan fingerprint density at radius 3 is 3.29 bits per heavy atom. The topological polar surface area (TPSA) is 17.1 Å². The van der Waals surface area contributed by atoms with Gasteiger partial charge in [0.25, 0.3) is 0 Å². The summed E-state index contributed by atoms with van der Waals surface area (Å²) < 4.78 is 63.1. The van der Waals surface area contributed by atoms with Crippen molar-refractivity contribution in [3.05, 3.63) is 0 Å². The average molecular weight is 130 g/mol. The van der Waals surface area contributed by atoms with Crippen molar-refractivity contribution in [1.82, 2.24) is 0 Å². The first-order chi connectivity index (χ1) is 6.69. The summed E-state index contributed by atoms with van der Waals surface area (Å²) in [6, 6.07) is 0. The van der Waals surface area contributed by atoms with Crippen molar-refractivity contribution in [3.8, 4) is 0 Å². The number of carbonyl (C=O) groups excluding carboxylic acids is 1. The zero-order valence-corrected chi connectivity index (χ0v) is 4.04. The van der Waals surface area contributed by atoms with Crippen LogP contribution < -0.4 is 0 Å². The summed E-state index contributed by atoms with van der Waals surface area (Å²) in [5.41, 5.74) is 0. The van der Waals surface area contributed by atoms with Gasteiger partial charge in [0.05, 0.1) is 0 Å². The SMILES string of the molecule is [2H]C([2H])([2H])C([2H])([2H])C([2H])([2H])C([2H])([2H])C(=O)Cl. The van der Waals surface area contributed by atoms with Crippen molar-refractivity contribution in [2.24, 2.45) is 0 Å². The number of rotatable bonds is 3. The number of carbonyl (C=O) groups is 1. The van der Waals surface area contributed by atoms with Crippen molar-refractivity contribution in [3.63, 3.8) is 0 Å². The summed E-state index contributed by atoms with van der Waals surface area (Å²) >= 11 is 4.81. The average Bonchev–Trinajstić information content (AvgIpc) is 2.00. The maximum Gasteiger partial charge on any atom is 0.221 e. The van der Waals surface area contributed by atoms with E-state index < -0.39 is 31.2 Å². The summed E-state index contributed by atoms with van der Waals surface area (Å²) in [7, 11) is 0. The molecule has 0 aliphatic heterocycles. The third kappa shape index (κ3) is 5.96. The van der Waals surface area contributed by atoms with E-state index in [1.54, 1.807) is 0 Å². The van der Waals surface area contributed by atoms with Gasteiger partial charge < -0.3 is 0 Å². The van der Waals surface area contributed by atoms with Crippen molar-refractivity contribution >= 4 is 16.8 Å². The first-order valence-corrected chi connectivity index (χ1v) is 1.77. The van der Waals surface area contributed by atoms with Crippen LogP contribution in [0.1, 0.15) is 38.3 Å². The highest BCUT2D eigenvalue weighted by Crippen LogP contribution is 1.96. The van der Waals surface area contributed by atoms with Crippen LogP contribution in [0.3, 0.4) is 0 Å². The van der Waals surface area contributed by atoms with Gasteiger partial charge in [0, 0.05) is 18.7 Å². The largest absolute Gasteiger partial charge is 0.281 e. The van der Waals surface area contributed by atoms with E-state index in [4.69, 9.17) is 23.9 Å². The van der Waals surface area contributed by atoms with Crippen LogP contribution in [0.15, 0.2) is 0 Å². The van der Waals surface area contributed by atoms with E-state index in [0.717, 1.165) is 0 Å². The number of hydrogen-bond acceptors (Lipinski definition) is 1. The van der Waals surface area contributed by atoms with Gasteiger partial charge in [-0.25, -0.2) is 0 Å². The molecular weight excluding hydrogens is 112 g/mol. The van der Waals surface area contributed by atoms with E-state index >= 15 is 0 Å². The van der Waals surface area contributed by atoms with E-state index in [-0.39, 0.29) is 0 Å². The highest BCUT2D eigenvalue weighted by Gasteiger charge is 1.90. The Hall–Kier alpha value is -0.0400. The normalized spacial score (nSPS) is 35.9. The lowest BCUT2D eigenvalue weighted by Crippen LogP contribution is -1.82. The molecule has 0 spiro atoms. The first kappa shape index (κ1) is 1.10. The van der Waals surface area contributed by atoms with Gasteiger partial charge >= 0.3 is 0 Å². The van der Waals surface area contributed by atoms with E-state index in [1.807, 2.05) is 0 Å². The monoisotopic (exact) mass is 129 g/mol. The fraction of sp³-hybridized carbons (Fsp3) is 0.800. The molecule has 0 saturated carbocycles. The molecule has 0 N–H and O–H groups in total. The van der Waals surface area contributed by atoms with Crippen LogP contribution in [-0.2, 0) is 4.79 Å².